The molecule has 22 heavy (non-hydrogen) atoms. The maximum Gasteiger partial charge on any atom is 0.335 e. The summed E-state index contributed by atoms with van der Waals surface area (Å²) in [7, 11) is 0. The second-order valence-corrected chi connectivity index (χ2v) is 5.20. The van der Waals surface area contributed by atoms with Crippen LogP contribution in [-0.2, 0) is 19.1 Å². The van der Waals surface area contributed by atoms with Crippen molar-refractivity contribution in [1.29, 1.82) is 0 Å². The van der Waals surface area contributed by atoms with Gasteiger partial charge in [0.05, 0.1) is 6.61 Å². The van der Waals surface area contributed by atoms with Crippen LogP contribution in [0.5, 0.6) is 0 Å². The molecule has 0 aliphatic heterocycles. The van der Waals surface area contributed by atoms with Crippen molar-refractivity contribution in [1.82, 2.24) is 0 Å². The van der Waals surface area contributed by atoms with Crippen LogP contribution in [0, 0.1) is 0 Å². The zero-order chi connectivity index (χ0) is 16.5. The van der Waals surface area contributed by atoms with Crippen molar-refractivity contribution in [2.45, 2.75) is 32.8 Å². The molecule has 0 fully saturated rings. The lowest BCUT2D eigenvalue weighted by molar-refractivity contribution is -0.157. The van der Waals surface area contributed by atoms with E-state index in [0.717, 1.165) is 5.56 Å². The highest BCUT2D eigenvalue weighted by molar-refractivity contribution is 5.93. The Morgan fingerprint density at radius 2 is 2.05 bits per heavy atom. The number of hydrogen-bond acceptors (Lipinski definition) is 4. The Morgan fingerprint density at radius 1 is 1.32 bits per heavy atom. The molecular formula is C17H23NO4. The predicted octanol–water partition coefficient (Wildman–Crippen LogP) is 2.88. The molecule has 120 valence electrons. The fourth-order valence-electron chi connectivity index (χ4n) is 1.71. The molecule has 1 aromatic rings. The third kappa shape index (κ3) is 6.10. The number of rotatable bonds is 8. The summed E-state index contributed by atoms with van der Waals surface area (Å²) in [6, 6.07) is 7.57. The summed E-state index contributed by atoms with van der Waals surface area (Å²) in [5, 5.41) is 2.70. The van der Waals surface area contributed by atoms with E-state index in [9.17, 15) is 9.59 Å². The number of carbonyl (C=O) groups excluding carboxylic acids is 2. The van der Waals surface area contributed by atoms with Crippen molar-refractivity contribution in [3.05, 3.63) is 42.5 Å². The average Bonchev–Trinajstić information content (AvgIpc) is 2.50. The van der Waals surface area contributed by atoms with E-state index in [4.69, 9.17) is 9.47 Å². The van der Waals surface area contributed by atoms with Crippen LogP contribution in [0.2, 0.25) is 0 Å². The Hall–Kier alpha value is -2.14. The average molecular weight is 305 g/mol. The van der Waals surface area contributed by atoms with Gasteiger partial charge in [-0.25, -0.2) is 4.79 Å². The molecule has 1 atom stereocenters. The first-order valence-corrected chi connectivity index (χ1v) is 7.23. The van der Waals surface area contributed by atoms with E-state index in [0.29, 0.717) is 11.6 Å². The normalized spacial score (nSPS) is 11.8. The molecule has 0 bridgehead atoms. The molecule has 1 rings (SSSR count). The Morgan fingerprint density at radius 3 is 2.68 bits per heavy atom. The maximum absolute atomic E-state index is 11.8. The highest BCUT2D eigenvalue weighted by Gasteiger charge is 2.16. The molecular weight excluding hydrogens is 282 g/mol. The van der Waals surface area contributed by atoms with Crippen molar-refractivity contribution in [2.24, 2.45) is 0 Å². The first kappa shape index (κ1) is 17.9. The van der Waals surface area contributed by atoms with Gasteiger partial charge in [-0.05, 0) is 30.5 Å². The standard InChI is InChI=1S/C17H23NO4/c1-5-9-21-13(4)17(20)22-11-16(19)18-15-8-6-7-14(10-15)12(2)3/h5-8,10,12-13H,1,9,11H2,2-4H3,(H,18,19). The number of amides is 1. The Bertz CT molecular complexity index is 525. The molecule has 0 radical (unpaired) electrons. The van der Waals surface area contributed by atoms with Gasteiger partial charge in [-0.1, -0.05) is 32.1 Å². The van der Waals surface area contributed by atoms with Crippen molar-refractivity contribution in [2.75, 3.05) is 18.5 Å². The van der Waals surface area contributed by atoms with Crippen molar-refractivity contribution in [3.63, 3.8) is 0 Å². The SMILES string of the molecule is C=CCOC(C)C(=O)OCC(=O)Nc1cccc(C(C)C)c1. The number of benzene rings is 1. The van der Waals surface area contributed by atoms with E-state index in [2.05, 4.69) is 25.7 Å². The van der Waals surface area contributed by atoms with Crippen LogP contribution in [0.3, 0.4) is 0 Å². The lowest BCUT2D eigenvalue weighted by atomic mass is 10.0. The van der Waals surface area contributed by atoms with Gasteiger partial charge in [-0.3, -0.25) is 4.79 Å². The molecule has 0 saturated heterocycles. The van der Waals surface area contributed by atoms with Gasteiger partial charge in [0.1, 0.15) is 0 Å². The zero-order valence-corrected chi connectivity index (χ0v) is 13.3. The van der Waals surface area contributed by atoms with Gasteiger partial charge in [0.25, 0.3) is 5.91 Å². The zero-order valence-electron chi connectivity index (χ0n) is 13.3. The minimum absolute atomic E-state index is 0.254. The minimum atomic E-state index is -0.727. The van der Waals surface area contributed by atoms with Gasteiger partial charge in [0.2, 0.25) is 0 Å². The fraction of sp³-hybridized carbons (Fsp3) is 0.412. The van der Waals surface area contributed by atoms with Gasteiger partial charge >= 0.3 is 5.97 Å². The van der Waals surface area contributed by atoms with Gasteiger partial charge in [-0.15, -0.1) is 6.58 Å². The van der Waals surface area contributed by atoms with Crippen LogP contribution in [-0.4, -0.2) is 31.2 Å². The molecule has 0 spiro atoms. The van der Waals surface area contributed by atoms with Crippen LogP contribution in [0.4, 0.5) is 5.69 Å². The van der Waals surface area contributed by atoms with E-state index < -0.39 is 12.1 Å². The van der Waals surface area contributed by atoms with Crippen molar-refractivity contribution in [3.8, 4) is 0 Å². The Balaban J connectivity index is 2.45. The van der Waals surface area contributed by atoms with E-state index in [1.165, 1.54) is 6.08 Å². The van der Waals surface area contributed by atoms with Crippen LogP contribution < -0.4 is 5.32 Å². The number of hydrogen-bond donors (Lipinski definition) is 1. The van der Waals surface area contributed by atoms with Crippen LogP contribution >= 0.6 is 0 Å². The molecule has 1 aromatic carbocycles. The lowest BCUT2D eigenvalue weighted by Crippen LogP contribution is -2.28. The van der Waals surface area contributed by atoms with Crippen LogP contribution in [0.15, 0.2) is 36.9 Å². The van der Waals surface area contributed by atoms with E-state index in [-0.39, 0.29) is 19.1 Å². The molecule has 1 unspecified atom stereocenters. The number of esters is 1. The Labute approximate surface area is 131 Å². The summed E-state index contributed by atoms with van der Waals surface area (Å²) in [6.07, 6.45) is 0.813. The van der Waals surface area contributed by atoms with Crippen molar-refractivity contribution < 1.29 is 19.1 Å². The van der Waals surface area contributed by atoms with E-state index in [1.54, 1.807) is 13.0 Å². The van der Waals surface area contributed by atoms with E-state index >= 15 is 0 Å². The largest absolute Gasteiger partial charge is 0.454 e. The van der Waals surface area contributed by atoms with Crippen LogP contribution in [0.1, 0.15) is 32.3 Å². The molecule has 0 aliphatic rings. The van der Waals surface area contributed by atoms with Gasteiger partial charge in [0.15, 0.2) is 12.7 Å². The molecule has 0 aromatic heterocycles. The van der Waals surface area contributed by atoms with Gasteiger partial charge in [0, 0.05) is 5.69 Å². The highest BCUT2D eigenvalue weighted by atomic mass is 16.6. The summed E-state index contributed by atoms with van der Waals surface area (Å²) < 4.78 is 10.0. The summed E-state index contributed by atoms with van der Waals surface area (Å²) in [5.74, 6) is -0.587. The number of nitrogens with one attached hydrogen (secondary N) is 1. The lowest BCUT2D eigenvalue weighted by Gasteiger charge is -2.12. The highest BCUT2D eigenvalue weighted by Crippen LogP contribution is 2.18. The summed E-state index contributed by atoms with van der Waals surface area (Å²) in [6.45, 7) is 9.12. The van der Waals surface area contributed by atoms with Crippen molar-refractivity contribution >= 4 is 17.6 Å². The second kappa shape index (κ2) is 9.00. The maximum atomic E-state index is 11.8. The first-order chi connectivity index (χ1) is 10.4. The monoisotopic (exact) mass is 305 g/mol. The number of ether oxygens (including phenoxy) is 2. The summed E-state index contributed by atoms with van der Waals surface area (Å²) in [4.78, 5) is 23.4. The molecule has 5 heteroatoms. The third-order valence-electron chi connectivity index (χ3n) is 2.98. The van der Waals surface area contributed by atoms with Crippen LogP contribution in [0.25, 0.3) is 0 Å². The fourth-order valence-corrected chi connectivity index (χ4v) is 1.71. The van der Waals surface area contributed by atoms with Gasteiger partial charge in [-0.2, -0.15) is 0 Å². The van der Waals surface area contributed by atoms with E-state index in [1.807, 2.05) is 18.2 Å². The number of carbonyl (C=O) groups is 2. The minimum Gasteiger partial charge on any atom is -0.454 e. The summed E-state index contributed by atoms with van der Waals surface area (Å²) >= 11 is 0. The molecule has 5 nitrogen and oxygen atoms in total. The second-order valence-electron chi connectivity index (χ2n) is 5.20. The molecule has 1 amide bonds. The number of anilines is 1. The Kier molecular flexibility index (Phi) is 7.32. The molecule has 0 saturated carbocycles. The molecule has 0 heterocycles. The summed E-state index contributed by atoms with van der Waals surface area (Å²) in [5.41, 5.74) is 1.81. The third-order valence-corrected chi connectivity index (χ3v) is 2.98. The molecule has 0 aliphatic carbocycles. The molecule has 1 N–H and O–H groups in total. The van der Waals surface area contributed by atoms with Gasteiger partial charge < -0.3 is 14.8 Å². The smallest absolute Gasteiger partial charge is 0.335 e. The first-order valence-electron chi connectivity index (χ1n) is 7.23. The topological polar surface area (TPSA) is 64.6 Å². The predicted molar refractivity (Wildman–Crippen MR) is 85.7 cm³/mol. The quantitative estimate of drug-likeness (QED) is 0.592.